The molecule has 4 nitrogen and oxygen atoms in total. The lowest BCUT2D eigenvalue weighted by molar-refractivity contribution is 0.139. The standard InChI is InChI=1S/C17H25N3O/c1-19(2)15-7-8-17(14-6-4-3-5-13(14)15)9-11-20(12-10-17)16(18)21/h3-6,15H,7-12H2,1-2H3,(H2,18,21). The van der Waals surface area contributed by atoms with Crippen LogP contribution in [0.2, 0.25) is 0 Å². The van der Waals surface area contributed by atoms with Gasteiger partial charge in [0.1, 0.15) is 0 Å². The Morgan fingerprint density at radius 1 is 1.24 bits per heavy atom. The van der Waals surface area contributed by atoms with Crippen molar-refractivity contribution >= 4 is 6.03 Å². The van der Waals surface area contributed by atoms with E-state index in [-0.39, 0.29) is 11.4 Å². The van der Waals surface area contributed by atoms with Crippen molar-refractivity contribution in [2.45, 2.75) is 37.1 Å². The average molecular weight is 287 g/mol. The average Bonchev–Trinajstić information content (AvgIpc) is 2.48. The quantitative estimate of drug-likeness (QED) is 0.862. The fourth-order valence-electron chi connectivity index (χ4n) is 4.18. The van der Waals surface area contributed by atoms with Crippen molar-refractivity contribution in [2.75, 3.05) is 27.2 Å². The molecule has 1 aromatic rings. The molecular weight excluding hydrogens is 262 g/mol. The van der Waals surface area contributed by atoms with E-state index in [1.807, 2.05) is 0 Å². The van der Waals surface area contributed by atoms with Crippen molar-refractivity contribution in [1.29, 1.82) is 0 Å². The molecule has 0 aromatic heterocycles. The summed E-state index contributed by atoms with van der Waals surface area (Å²) in [5, 5.41) is 0. The molecule has 2 amide bonds. The molecule has 1 aliphatic carbocycles. The second-order valence-corrected chi connectivity index (χ2v) is 6.71. The van der Waals surface area contributed by atoms with Gasteiger partial charge in [-0.2, -0.15) is 0 Å². The predicted octanol–water partition coefficient (Wildman–Crippen LogP) is 2.50. The van der Waals surface area contributed by atoms with Crippen molar-refractivity contribution in [1.82, 2.24) is 9.80 Å². The molecule has 1 unspecified atom stereocenters. The van der Waals surface area contributed by atoms with Crippen LogP contribution < -0.4 is 5.73 Å². The molecule has 2 N–H and O–H groups in total. The number of nitrogens with zero attached hydrogens (tertiary/aromatic N) is 2. The predicted molar refractivity (Wildman–Crippen MR) is 84.2 cm³/mol. The van der Waals surface area contributed by atoms with Gasteiger partial charge in [0.15, 0.2) is 0 Å². The summed E-state index contributed by atoms with van der Waals surface area (Å²) in [6, 6.07) is 9.11. The molecule has 3 rings (SSSR count). The van der Waals surface area contributed by atoms with Gasteiger partial charge in [0.2, 0.25) is 0 Å². The van der Waals surface area contributed by atoms with E-state index in [1.165, 1.54) is 24.0 Å². The molecule has 114 valence electrons. The number of carbonyl (C=O) groups is 1. The molecule has 1 atom stereocenters. The number of hydrogen-bond acceptors (Lipinski definition) is 2. The fourth-order valence-corrected chi connectivity index (χ4v) is 4.18. The number of amides is 2. The molecule has 1 aromatic carbocycles. The van der Waals surface area contributed by atoms with Crippen LogP contribution in [0, 0.1) is 0 Å². The zero-order chi connectivity index (χ0) is 15.0. The van der Waals surface area contributed by atoms with Crippen LogP contribution in [-0.2, 0) is 5.41 Å². The van der Waals surface area contributed by atoms with E-state index in [9.17, 15) is 4.79 Å². The largest absolute Gasteiger partial charge is 0.351 e. The van der Waals surface area contributed by atoms with E-state index in [1.54, 1.807) is 4.90 Å². The topological polar surface area (TPSA) is 49.6 Å². The lowest BCUT2D eigenvalue weighted by Crippen LogP contribution is -2.49. The highest BCUT2D eigenvalue weighted by molar-refractivity contribution is 5.72. The second kappa shape index (κ2) is 5.34. The SMILES string of the molecule is CN(C)C1CCC2(CCN(C(N)=O)CC2)c2ccccc21. The van der Waals surface area contributed by atoms with E-state index >= 15 is 0 Å². The van der Waals surface area contributed by atoms with Gasteiger partial charge in [-0.3, -0.25) is 0 Å². The van der Waals surface area contributed by atoms with E-state index in [0.717, 1.165) is 25.9 Å². The summed E-state index contributed by atoms with van der Waals surface area (Å²) in [7, 11) is 4.32. The third kappa shape index (κ3) is 2.42. The number of likely N-dealkylation sites (tertiary alicyclic amines) is 1. The van der Waals surface area contributed by atoms with Crippen molar-refractivity contribution in [2.24, 2.45) is 5.73 Å². The molecule has 0 saturated carbocycles. The number of fused-ring (bicyclic) bond motifs is 2. The maximum absolute atomic E-state index is 11.4. The monoisotopic (exact) mass is 287 g/mol. The van der Waals surface area contributed by atoms with Crippen molar-refractivity contribution < 1.29 is 4.79 Å². The van der Waals surface area contributed by atoms with Gasteiger partial charge in [-0.15, -0.1) is 0 Å². The van der Waals surface area contributed by atoms with Gasteiger partial charge in [0.25, 0.3) is 0 Å². The Morgan fingerprint density at radius 2 is 1.90 bits per heavy atom. The maximum Gasteiger partial charge on any atom is 0.314 e. The lowest BCUT2D eigenvalue weighted by atomic mass is 9.63. The van der Waals surface area contributed by atoms with Crippen LogP contribution >= 0.6 is 0 Å². The number of carbonyl (C=O) groups excluding carboxylic acids is 1. The van der Waals surface area contributed by atoms with Crippen molar-refractivity contribution in [3.05, 3.63) is 35.4 Å². The number of primary amides is 1. The molecule has 21 heavy (non-hydrogen) atoms. The first-order valence-corrected chi connectivity index (χ1v) is 7.84. The molecule has 4 heteroatoms. The third-order valence-electron chi connectivity index (χ3n) is 5.44. The molecular formula is C17H25N3O. The highest BCUT2D eigenvalue weighted by Gasteiger charge is 2.42. The zero-order valence-corrected chi connectivity index (χ0v) is 13.0. The van der Waals surface area contributed by atoms with Crippen LogP contribution in [-0.4, -0.2) is 43.0 Å². The van der Waals surface area contributed by atoms with Crippen LogP contribution in [0.5, 0.6) is 0 Å². The minimum Gasteiger partial charge on any atom is -0.351 e. The number of rotatable bonds is 1. The van der Waals surface area contributed by atoms with Crippen LogP contribution in [0.25, 0.3) is 0 Å². The zero-order valence-electron chi connectivity index (χ0n) is 13.0. The van der Waals surface area contributed by atoms with Crippen LogP contribution in [0.3, 0.4) is 0 Å². The smallest absolute Gasteiger partial charge is 0.314 e. The van der Waals surface area contributed by atoms with Crippen LogP contribution in [0.1, 0.15) is 42.9 Å². The highest BCUT2D eigenvalue weighted by Crippen LogP contribution is 2.48. The van der Waals surface area contributed by atoms with Gasteiger partial charge in [0, 0.05) is 19.1 Å². The lowest BCUT2D eigenvalue weighted by Gasteiger charge is -2.48. The molecule has 1 aliphatic heterocycles. The molecule has 1 spiro atoms. The highest BCUT2D eigenvalue weighted by atomic mass is 16.2. The molecule has 0 bridgehead atoms. The third-order valence-corrected chi connectivity index (χ3v) is 5.44. The summed E-state index contributed by atoms with van der Waals surface area (Å²) in [5.41, 5.74) is 8.64. The number of benzene rings is 1. The van der Waals surface area contributed by atoms with E-state index in [2.05, 4.69) is 43.3 Å². The maximum atomic E-state index is 11.4. The summed E-state index contributed by atoms with van der Waals surface area (Å²) in [5.74, 6) is 0. The number of nitrogens with two attached hydrogens (primary N) is 1. The van der Waals surface area contributed by atoms with Crippen LogP contribution in [0.15, 0.2) is 24.3 Å². The Hall–Kier alpha value is -1.55. The van der Waals surface area contributed by atoms with E-state index < -0.39 is 0 Å². The van der Waals surface area contributed by atoms with Gasteiger partial charge in [0.05, 0.1) is 0 Å². The Kier molecular flexibility index (Phi) is 3.66. The molecule has 1 heterocycles. The van der Waals surface area contributed by atoms with Crippen molar-refractivity contribution in [3.8, 4) is 0 Å². The summed E-state index contributed by atoms with van der Waals surface area (Å²) < 4.78 is 0. The minimum absolute atomic E-state index is 0.245. The molecule has 1 saturated heterocycles. The Bertz CT molecular complexity index is 533. The first-order valence-electron chi connectivity index (χ1n) is 7.84. The summed E-state index contributed by atoms with van der Waals surface area (Å²) in [4.78, 5) is 15.5. The fraction of sp³-hybridized carbons (Fsp3) is 0.588. The van der Waals surface area contributed by atoms with Crippen LogP contribution in [0.4, 0.5) is 4.79 Å². The van der Waals surface area contributed by atoms with Gasteiger partial charge in [-0.25, -0.2) is 4.79 Å². The Balaban J connectivity index is 1.92. The summed E-state index contributed by atoms with van der Waals surface area (Å²) >= 11 is 0. The summed E-state index contributed by atoms with van der Waals surface area (Å²) in [6.07, 6.45) is 4.47. The first kappa shape index (κ1) is 14.4. The Morgan fingerprint density at radius 3 is 2.52 bits per heavy atom. The first-order chi connectivity index (χ1) is 10.0. The Labute approximate surface area is 126 Å². The molecule has 1 fully saturated rings. The van der Waals surface area contributed by atoms with E-state index in [0.29, 0.717) is 6.04 Å². The van der Waals surface area contributed by atoms with Gasteiger partial charge in [-0.1, -0.05) is 24.3 Å². The van der Waals surface area contributed by atoms with E-state index in [4.69, 9.17) is 5.73 Å². The number of piperidine rings is 1. The molecule has 2 aliphatic rings. The van der Waals surface area contributed by atoms with Gasteiger partial charge < -0.3 is 15.5 Å². The van der Waals surface area contributed by atoms with Crippen molar-refractivity contribution in [3.63, 3.8) is 0 Å². The van der Waals surface area contributed by atoms with Gasteiger partial charge in [-0.05, 0) is 56.3 Å². The summed E-state index contributed by atoms with van der Waals surface area (Å²) in [6.45, 7) is 1.58. The molecule has 0 radical (unpaired) electrons. The minimum atomic E-state index is -0.278. The number of urea groups is 1. The number of hydrogen-bond donors (Lipinski definition) is 1. The van der Waals surface area contributed by atoms with Gasteiger partial charge >= 0.3 is 6.03 Å². The normalized spacial score (nSPS) is 24.1. The second-order valence-electron chi connectivity index (χ2n) is 6.71.